The van der Waals surface area contributed by atoms with E-state index in [1.54, 1.807) is 17.5 Å². The number of nitrogen functional groups attached to an aromatic ring is 1. The van der Waals surface area contributed by atoms with Crippen molar-refractivity contribution in [2.75, 3.05) is 17.6 Å². The Morgan fingerprint density at radius 2 is 2.33 bits per heavy atom. The summed E-state index contributed by atoms with van der Waals surface area (Å²) in [6.45, 7) is 3.62. The van der Waals surface area contributed by atoms with E-state index in [-0.39, 0.29) is 0 Å². The fraction of sp³-hybridized carbons (Fsp3) is 0.333. The highest BCUT2D eigenvalue weighted by Crippen LogP contribution is 2.36. The number of hydrogen-bond donors (Lipinski definition) is 2. The normalized spacial score (nSPS) is 10.9. The van der Waals surface area contributed by atoms with Gasteiger partial charge in [0.1, 0.15) is 10.8 Å². The van der Waals surface area contributed by atoms with E-state index in [1.165, 1.54) is 11.5 Å². The van der Waals surface area contributed by atoms with Crippen LogP contribution in [0.15, 0.2) is 17.8 Å². The maximum absolute atomic E-state index is 5.97. The van der Waals surface area contributed by atoms with Gasteiger partial charge >= 0.3 is 0 Å². The Balaban J connectivity index is 1.63. The number of nitrogens with one attached hydrogen (secondary N) is 1. The van der Waals surface area contributed by atoms with Crippen LogP contribution in [0.1, 0.15) is 11.4 Å². The van der Waals surface area contributed by atoms with Gasteiger partial charge in [0.2, 0.25) is 0 Å². The third-order valence-corrected chi connectivity index (χ3v) is 4.51. The molecule has 3 N–H and O–H groups in total. The highest BCUT2D eigenvalue weighted by molar-refractivity contribution is 7.11. The van der Waals surface area contributed by atoms with E-state index >= 15 is 0 Å². The molecule has 0 amide bonds. The monoisotopic (exact) mass is 321 g/mol. The number of anilines is 2. The molecule has 3 heterocycles. The van der Waals surface area contributed by atoms with Crippen LogP contribution in [0.5, 0.6) is 0 Å². The topological polar surface area (TPSA) is 94.5 Å². The lowest BCUT2D eigenvalue weighted by Crippen LogP contribution is -2.07. The van der Waals surface area contributed by atoms with Crippen molar-refractivity contribution in [2.24, 2.45) is 0 Å². The lowest BCUT2D eigenvalue weighted by atomic mass is 10.2. The maximum atomic E-state index is 5.97. The number of rotatable bonds is 6. The van der Waals surface area contributed by atoms with Crippen LogP contribution < -0.4 is 11.1 Å². The summed E-state index contributed by atoms with van der Waals surface area (Å²) in [5, 5.41) is 15.1. The Hall–Kier alpha value is -2.00. The quantitative estimate of drug-likeness (QED) is 0.676. The maximum Gasteiger partial charge on any atom is 0.148 e. The number of nitrogens with zero attached hydrogens (tertiary/aromatic N) is 5. The van der Waals surface area contributed by atoms with Crippen molar-refractivity contribution >= 4 is 33.7 Å². The molecule has 110 valence electrons. The Labute approximate surface area is 130 Å². The molecule has 0 aliphatic carbocycles. The van der Waals surface area contributed by atoms with Crippen molar-refractivity contribution in [3.05, 3.63) is 22.8 Å². The molecular weight excluding hydrogens is 306 g/mol. The summed E-state index contributed by atoms with van der Waals surface area (Å²) in [5.74, 6) is 0.532. The molecule has 3 aromatic rings. The van der Waals surface area contributed by atoms with Gasteiger partial charge in [-0.2, -0.15) is 4.37 Å². The minimum atomic E-state index is 0.532. The van der Waals surface area contributed by atoms with Gasteiger partial charge in [0.25, 0.3) is 0 Å². The average Bonchev–Trinajstić information content (AvgIpc) is 3.17. The van der Waals surface area contributed by atoms with E-state index in [4.69, 9.17) is 5.73 Å². The molecule has 0 aliphatic heterocycles. The van der Waals surface area contributed by atoms with Gasteiger partial charge in [-0.3, -0.25) is 4.68 Å². The molecule has 9 heteroatoms. The summed E-state index contributed by atoms with van der Waals surface area (Å²) in [6.07, 6.45) is 4.48. The molecule has 0 aromatic carbocycles. The van der Waals surface area contributed by atoms with E-state index in [0.717, 1.165) is 40.8 Å². The zero-order valence-electron chi connectivity index (χ0n) is 11.5. The van der Waals surface area contributed by atoms with Gasteiger partial charge in [0.05, 0.1) is 22.5 Å². The Bertz CT molecular complexity index is 701. The van der Waals surface area contributed by atoms with Gasteiger partial charge < -0.3 is 11.1 Å². The smallest absolute Gasteiger partial charge is 0.148 e. The average molecular weight is 321 g/mol. The SMILES string of the molecule is Cc1nc(-c2c(N)nsc2NCCCn2ccnn2)cs1. The minimum Gasteiger partial charge on any atom is -0.382 e. The minimum absolute atomic E-state index is 0.532. The van der Waals surface area contributed by atoms with Crippen LogP contribution in [0.2, 0.25) is 0 Å². The standard InChI is InChI=1S/C12H15N7S2/c1-8-16-9(7-20-8)10-11(13)17-21-12(10)14-3-2-5-19-6-4-15-18-19/h4,6-7,14H,2-3,5H2,1H3,(H2,13,17). The molecule has 0 bridgehead atoms. The third kappa shape index (κ3) is 3.19. The number of thiazole rings is 1. The zero-order valence-corrected chi connectivity index (χ0v) is 13.1. The second-order valence-electron chi connectivity index (χ2n) is 4.47. The predicted molar refractivity (Wildman–Crippen MR) is 85.5 cm³/mol. The van der Waals surface area contributed by atoms with Crippen molar-refractivity contribution in [2.45, 2.75) is 19.9 Å². The molecule has 0 aliphatic rings. The Morgan fingerprint density at radius 1 is 1.43 bits per heavy atom. The van der Waals surface area contributed by atoms with Crippen molar-refractivity contribution in [1.29, 1.82) is 0 Å². The fourth-order valence-electron chi connectivity index (χ4n) is 1.94. The van der Waals surface area contributed by atoms with E-state index in [1.807, 2.05) is 23.2 Å². The van der Waals surface area contributed by atoms with E-state index in [9.17, 15) is 0 Å². The molecule has 0 radical (unpaired) electrons. The lowest BCUT2D eigenvalue weighted by molar-refractivity contribution is 0.570. The molecule has 21 heavy (non-hydrogen) atoms. The van der Waals surface area contributed by atoms with Crippen LogP contribution in [0.4, 0.5) is 10.8 Å². The second kappa shape index (κ2) is 6.19. The highest BCUT2D eigenvalue weighted by atomic mass is 32.1. The largest absolute Gasteiger partial charge is 0.382 e. The molecule has 0 spiro atoms. The first-order valence-electron chi connectivity index (χ1n) is 6.49. The molecule has 3 aromatic heterocycles. The van der Waals surface area contributed by atoms with E-state index in [0.29, 0.717) is 5.82 Å². The first kappa shape index (κ1) is 14.0. The van der Waals surface area contributed by atoms with E-state index in [2.05, 4.69) is 25.0 Å². The molecular formula is C12H15N7S2. The number of aryl methyl sites for hydroxylation is 2. The van der Waals surface area contributed by atoms with Gasteiger partial charge in [-0.1, -0.05) is 5.21 Å². The molecule has 0 saturated carbocycles. The molecule has 7 nitrogen and oxygen atoms in total. The Morgan fingerprint density at radius 3 is 3.05 bits per heavy atom. The van der Waals surface area contributed by atoms with Crippen molar-refractivity contribution in [3.8, 4) is 11.3 Å². The highest BCUT2D eigenvalue weighted by Gasteiger charge is 2.15. The molecule has 3 rings (SSSR count). The van der Waals surface area contributed by atoms with Gasteiger partial charge in [-0.15, -0.1) is 16.4 Å². The van der Waals surface area contributed by atoms with Crippen LogP contribution in [-0.2, 0) is 6.54 Å². The lowest BCUT2D eigenvalue weighted by Gasteiger charge is -2.05. The number of aromatic nitrogens is 5. The Kier molecular flexibility index (Phi) is 4.11. The molecule has 0 saturated heterocycles. The molecule has 0 atom stereocenters. The first-order chi connectivity index (χ1) is 10.2. The number of nitrogens with two attached hydrogens (primary N) is 1. The van der Waals surface area contributed by atoms with Crippen molar-refractivity contribution < 1.29 is 0 Å². The summed E-state index contributed by atoms with van der Waals surface area (Å²) in [5.41, 5.74) is 7.76. The summed E-state index contributed by atoms with van der Waals surface area (Å²) in [7, 11) is 0. The van der Waals surface area contributed by atoms with Crippen LogP contribution in [0.3, 0.4) is 0 Å². The van der Waals surface area contributed by atoms with Crippen LogP contribution in [0.25, 0.3) is 11.3 Å². The summed E-state index contributed by atoms with van der Waals surface area (Å²) in [6, 6.07) is 0. The van der Waals surface area contributed by atoms with Crippen molar-refractivity contribution in [3.63, 3.8) is 0 Å². The third-order valence-electron chi connectivity index (χ3n) is 2.92. The van der Waals surface area contributed by atoms with Gasteiger partial charge in [0, 0.05) is 24.7 Å². The zero-order chi connectivity index (χ0) is 14.7. The molecule has 0 unspecified atom stereocenters. The van der Waals surface area contributed by atoms with E-state index < -0.39 is 0 Å². The van der Waals surface area contributed by atoms with Crippen LogP contribution in [-0.4, -0.2) is 30.9 Å². The van der Waals surface area contributed by atoms with Gasteiger partial charge in [0.15, 0.2) is 0 Å². The van der Waals surface area contributed by atoms with Crippen molar-refractivity contribution in [1.82, 2.24) is 24.4 Å². The summed E-state index contributed by atoms with van der Waals surface area (Å²) in [4.78, 5) is 4.49. The predicted octanol–water partition coefficient (Wildman–Crippen LogP) is 2.25. The summed E-state index contributed by atoms with van der Waals surface area (Å²) < 4.78 is 6.04. The second-order valence-corrected chi connectivity index (χ2v) is 6.31. The molecule has 0 fully saturated rings. The number of hydrogen-bond acceptors (Lipinski definition) is 8. The van der Waals surface area contributed by atoms with Crippen LogP contribution >= 0.6 is 22.9 Å². The fourth-order valence-corrected chi connectivity index (χ4v) is 3.30. The first-order valence-corrected chi connectivity index (χ1v) is 8.15. The van der Waals surface area contributed by atoms with Gasteiger partial charge in [-0.05, 0) is 24.9 Å². The summed E-state index contributed by atoms with van der Waals surface area (Å²) >= 11 is 2.98. The van der Waals surface area contributed by atoms with Crippen LogP contribution in [0, 0.1) is 6.92 Å². The van der Waals surface area contributed by atoms with Gasteiger partial charge in [-0.25, -0.2) is 4.98 Å².